The second-order valence-electron chi connectivity index (χ2n) is 3.71. The van der Waals surface area contributed by atoms with Gasteiger partial charge in [-0.3, -0.25) is 0 Å². The van der Waals surface area contributed by atoms with Crippen LogP contribution in [0.25, 0.3) is 0 Å². The second kappa shape index (κ2) is 6.50. The van der Waals surface area contributed by atoms with E-state index < -0.39 is 9.84 Å². The fourth-order valence-electron chi connectivity index (χ4n) is 1.33. The Hall–Kier alpha value is -0.650. The second-order valence-corrected chi connectivity index (χ2v) is 6.67. The van der Waals surface area contributed by atoms with Crippen LogP contribution in [-0.4, -0.2) is 34.1 Å². The molecule has 0 heterocycles. The topological polar surface area (TPSA) is 52.6 Å². The van der Waals surface area contributed by atoms with Crippen molar-refractivity contribution in [3.05, 3.63) is 22.7 Å². The van der Waals surface area contributed by atoms with E-state index in [2.05, 4.69) is 0 Å². The Labute approximate surface area is 117 Å². The van der Waals surface area contributed by atoms with Crippen LogP contribution >= 0.6 is 23.2 Å². The first-order chi connectivity index (χ1) is 8.37. The lowest BCUT2D eigenvalue weighted by Crippen LogP contribution is -2.13. The monoisotopic (exact) mass is 312 g/mol. The van der Waals surface area contributed by atoms with Crippen molar-refractivity contribution in [1.82, 2.24) is 0 Å². The van der Waals surface area contributed by atoms with E-state index in [4.69, 9.17) is 32.7 Å². The van der Waals surface area contributed by atoms with E-state index >= 15 is 0 Å². The molecule has 0 amide bonds. The minimum absolute atomic E-state index is 0.0424. The highest BCUT2D eigenvalue weighted by molar-refractivity contribution is 7.90. The van der Waals surface area contributed by atoms with Crippen LogP contribution in [0.2, 0.25) is 5.02 Å². The number of rotatable bonds is 6. The zero-order valence-electron chi connectivity index (χ0n) is 10.1. The van der Waals surface area contributed by atoms with Gasteiger partial charge in [0, 0.05) is 22.9 Å². The maximum Gasteiger partial charge on any atom is 0.165 e. The summed E-state index contributed by atoms with van der Waals surface area (Å²) in [5.74, 6) is 0.998. The van der Waals surface area contributed by atoms with E-state index in [0.717, 1.165) is 6.26 Å². The highest BCUT2D eigenvalue weighted by Gasteiger charge is 2.13. The van der Waals surface area contributed by atoms with Crippen LogP contribution in [0.15, 0.2) is 12.1 Å². The molecule has 18 heavy (non-hydrogen) atoms. The summed E-state index contributed by atoms with van der Waals surface area (Å²) in [7, 11) is -1.59. The van der Waals surface area contributed by atoms with Gasteiger partial charge in [0.25, 0.3) is 0 Å². The van der Waals surface area contributed by atoms with Crippen LogP contribution in [0.1, 0.15) is 5.56 Å². The lowest BCUT2D eigenvalue weighted by molar-refractivity contribution is 0.309. The molecule has 102 valence electrons. The van der Waals surface area contributed by atoms with Crippen molar-refractivity contribution in [2.45, 2.75) is 5.88 Å². The number of alkyl halides is 1. The maximum atomic E-state index is 11.0. The Balaban J connectivity index is 2.92. The molecule has 0 saturated heterocycles. The summed E-state index contributed by atoms with van der Waals surface area (Å²) in [6.07, 6.45) is 1.15. The lowest BCUT2D eigenvalue weighted by Gasteiger charge is -2.14. The van der Waals surface area contributed by atoms with Gasteiger partial charge in [-0.2, -0.15) is 0 Å². The number of ether oxygens (including phenoxy) is 2. The van der Waals surface area contributed by atoms with Crippen molar-refractivity contribution < 1.29 is 17.9 Å². The molecule has 1 aromatic carbocycles. The van der Waals surface area contributed by atoms with Crippen molar-refractivity contribution in [1.29, 1.82) is 0 Å². The molecule has 0 bridgehead atoms. The van der Waals surface area contributed by atoms with Crippen molar-refractivity contribution in [2.75, 3.05) is 25.7 Å². The molecular formula is C11H14Cl2O4S. The Kier molecular flexibility index (Phi) is 5.56. The average Bonchev–Trinajstić information content (AvgIpc) is 2.28. The van der Waals surface area contributed by atoms with E-state index in [1.54, 1.807) is 12.1 Å². The molecule has 4 nitrogen and oxygen atoms in total. The normalized spacial score (nSPS) is 11.3. The van der Waals surface area contributed by atoms with Crippen LogP contribution in [0.4, 0.5) is 0 Å². The van der Waals surface area contributed by atoms with Crippen molar-refractivity contribution >= 4 is 33.0 Å². The largest absolute Gasteiger partial charge is 0.493 e. The zero-order valence-corrected chi connectivity index (χ0v) is 12.4. The van der Waals surface area contributed by atoms with Crippen LogP contribution in [-0.2, 0) is 15.7 Å². The summed E-state index contributed by atoms with van der Waals surface area (Å²) >= 11 is 11.7. The molecule has 0 radical (unpaired) electrons. The van der Waals surface area contributed by atoms with E-state index in [-0.39, 0.29) is 18.2 Å². The molecule has 1 aromatic rings. The lowest BCUT2D eigenvalue weighted by atomic mass is 10.2. The van der Waals surface area contributed by atoms with Gasteiger partial charge in [-0.1, -0.05) is 11.6 Å². The molecule has 0 spiro atoms. The van der Waals surface area contributed by atoms with Gasteiger partial charge in [0.15, 0.2) is 21.3 Å². The van der Waals surface area contributed by atoms with Crippen LogP contribution in [0.3, 0.4) is 0 Å². The predicted molar refractivity (Wildman–Crippen MR) is 72.8 cm³/mol. The minimum atomic E-state index is -3.07. The van der Waals surface area contributed by atoms with Gasteiger partial charge in [0.2, 0.25) is 0 Å². The molecule has 0 aromatic heterocycles. The minimum Gasteiger partial charge on any atom is -0.493 e. The Bertz CT molecular complexity index is 489. The van der Waals surface area contributed by atoms with E-state index in [9.17, 15) is 8.42 Å². The van der Waals surface area contributed by atoms with Crippen molar-refractivity contribution in [3.63, 3.8) is 0 Å². The average molecular weight is 313 g/mol. The van der Waals surface area contributed by atoms with E-state index in [0.29, 0.717) is 22.1 Å². The Morgan fingerprint density at radius 1 is 1.33 bits per heavy atom. The van der Waals surface area contributed by atoms with Gasteiger partial charge in [-0.15, -0.1) is 11.6 Å². The molecular weight excluding hydrogens is 299 g/mol. The first kappa shape index (κ1) is 15.4. The summed E-state index contributed by atoms with van der Waals surface area (Å²) in [5.41, 5.74) is 0.662. The van der Waals surface area contributed by atoms with Gasteiger partial charge in [0.05, 0.1) is 18.7 Å². The molecule has 0 aliphatic carbocycles. The number of methoxy groups -OCH3 is 1. The quantitative estimate of drug-likeness (QED) is 0.757. The molecule has 0 atom stereocenters. The highest BCUT2D eigenvalue weighted by Crippen LogP contribution is 2.35. The Morgan fingerprint density at radius 2 is 2.00 bits per heavy atom. The number of halogens is 2. The first-order valence-corrected chi connectivity index (χ1v) is 8.07. The summed E-state index contributed by atoms with van der Waals surface area (Å²) < 4.78 is 32.6. The first-order valence-electron chi connectivity index (χ1n) is 5.10. The van der Waals surface area contributed by atoms with Crippen molar-refractivity contribution in [3.8, 4) is 11.5 Å². The van der Waals surface area contributed by atoms with E-state index in [1.807, 2.05) is 0 Å². The van der Waals surface area contributed by atoms with Gasteiger partial charge in [-0.05, 0) is 6.07 Å². The maximum absolute atomic E-state index is 11.0. The summed E-state index contributed by atoms with van der Waals surface area (Å²) in [6, 6.07) is 3.25. The highest BCUT2D eigenvalue weighted by atomic mass is 35.5. The molecule has 0 saturated carbocycles. The van der Waals surface area contributed by atoms with E-state index in [1.165, 1.54) is 7.11 Å². The third-order valence-corrected chi connectivity index (χ3v) is 3.58. The predicted octanol–water partition coefficient (Wildman–Crippen LogP) is 2.51. The molecule has 0 aliphatic rings. The van der Waals surface area contributed by atoms with Gasteiger partial charge in [-0.25, -0.2) is 8.42 Å². The smallest absolute Gasteiger partial charge is 0.165 e. The fraction of sp³-hybridized carbons (Fsp3) is 0.455. The molecule has 0 fully saturated rings. The summed E-state index contributed by atoms with van der Waals surface area (Å²) in [5, 5.41) is 0.484. The number of hydrogen-bond donors (Lipinski definition) is 0. The van der Waals surface area contributed by atoms with Crippen LogP contribution in [0, 0.1) is 0 Å². The van der Waals surface area contributed by atoms with Gasteiger partial charge in [0.1, 0.15) is 6.61 Å². The Morgan fingerprint density at radius 3 is 2.50 bits per heavy atom. The molecule has 1 rings (SSSR count). The SMILES string of the molecule is COc1cc(Cl)cc(CCl)c1OCCS(C)(=O)=O. The summed E-state index contributed by atoms with van der Waals surface area (Å²) in [6.45, 7) is 0.0424. The van der Waals surface area contributed by atoms with Gasteiger partial charge >= 0.3 is 0 Å². The molecule has 7 heteroatoms. The van der Waals surface area contributed by atoms with Crippen molar-refractivity contribution in [2.24, 2.45) is 0 Å². The number of benzene rings is 1. The third kappa shape index (κ3) is 4.55. The van der Waals surface area contributed by atoms with Gasteiger partial charge < -0.3 is 9.47 Å². The number of hydrogen-bond acceptors (Lipinski definition) is 4. The van der Waals surface area contributed by atoms with Crippen LogP contribution in [0.5, 0.6) is 11.5 Å². The summed E-state index contributed by atoms with van der Waals surface area (Å²) in [4.78, 5) is 0. The zero-order chi connectivity index (χ0) is 13.8. The molecule has 0 aliphatic heterocycles. The van der Waals surface area contributed by atoms with Crippen LogP contribution < -0.4 is 9.47 Å². The number of sulfone groups is 1. The third-order valence-electron chi connectivity index (χ3n) is 2.16. The fourth-order valence-corrected chi connectivity index (χ4v) is 2.15. The molecule has 0 unspecified atom stereocenters. The molecule has 0 N–H and O–H groups in total. The standard InChI is InChI=1S/C11H14Cl2O4S/c1-16-10-6-9(13)5-8(7-12)11(10)17-3-4-18(2,14)15/h5-6H,3-4,7H2,1-2H3.